The van der Waals surface area contributed by atoms with Gasteiger partial charge in [0.05, 0.1) is 12.7 Å². The SMILES string of the molecule is COC(=O)c1ccc(C(=O)N2CCN(C(=O)C3CCCC3)CC2)cc1. The summed E-state index contributed by atoms with van der Waals surface area (Å²) in [6.45, 7) is 2.30. The number of hydrogen-bond acceptors (Lipinski definition) is 4. The minimum absolute atomic E-state index is 0.0654. The van der Waals surface area contributed by atoms with E-state index in [1.807, 2.05) is 4.90 Å². The largest absolute Gasteiger partial charge is 0.465 e. The smallest absolute Gasteiger partial charge is 0.337 e. The van der Waals surface area contributed by atoms with Crippen LogP contribution in [0.5, 0.6) is 0 Å². The van der Waals surface area contributed by atoms with Gasteiger partial charge in [-0.1, -0.05) is 12.8 Å². The molecule has 2 fully saturated rings. The summed E-state index contributed by atoms with van der Waals surface area (Å²) in [5.41, 5.74) is 0.967. The van der Waals surface area contributed by atoms with Crippen LogP contribution in [0.1, 0.15) is 46.4 Å². The molecular weight excluding hydrogens is 320 g/mol. The first-order valence-corrected chi connectivity index (χ1v) is 8.86. The van der Waals surface area contributed by atoms with E-state index in [0.717, 1.165) is 25.7 Å². The Labute approximate surface area is 147 Å². The van der Waals surface area contributed by atoms with Gasteiger partial charge in [-0.2, -0.15) is 0 Å². The number of ether oxygens (including phenoxy) is 1. The molecule has 1 saturated heterocycles. The van der Waals surface area contributed by atoms with E-state index in [9.17, 15) is 14.4 Å². The Morgan fingerprint density at radius 1 is 0.880 bits per heavy atom. The molecule has 0 atom stereocenters. The number of hydrogen-bond donors (Lipinski definition) is 0. The van der Waals surface area contributed by atoms with E-state index in [2.05, 4.69) is 4.74 Å². The van der Waals surface area contributed by atoms with Crippen LogP contribution in [-0.2, 0) is 9.53 Å². The van der Waals surface area contributed by atoms with Crippen LogP contribution in [0.15, 0.2) is 24.3 Å². The van der Waals surface area contributed by atoms with Gasteiger partial charge in [0, 0.05) is 37.7 Å². The minimum atomic E-state index is -0.418. The fraction of sp³-hybridized carbons (Fsp3) is 0.526. The number of methoxy groups -OCH3 is 1. The van der Waals surface area contributed by atoms with Gasteiger partial charge in [0.1, 0.15) is 0 Å². The van der Waals surface area contributed by atoms with E-state index in [1.165, 1.54) is 7.11 Å². The van der Waals surface area contributed by atoms with Gasteiger partial charge < -0.3 is 14.5 Å². The highest BCUT2D eigenvalue weighted by atomic mass is 16.5. The lowest BCUT2D eigenvalue weighted by atomic mass is 10.1. The highest BCUT2D eigenvalue weighted by molar-refractivity contribution is 5.96. The minimum Gasteiger partial charge on any atom is -0.465 e. The van der Waals surface area contributed by atoms with Crippen molar-refractivity contribution in [2.75, 3.05) is 33.3 Å². The number of nitrogens with zero attached hydrogens (tertiary/aromatic N) is 2. The Bertz CT molecular complexity index is 642. The molecule has 6 nitrogen and oxygen atoms in total. The zero-order chi connectivity index (χ0) is 17.8. The van der Waals surface area contributed by atoms with Crippen LogP contribution < -0.4 is 0 Å². The number of benzene rings is 1. The molecule has 0 aromatic heterocycles. The van der Waals surface area contributed by atoms with Crippen molar-refractivity contribution in [2.24, 2.45) is 5.92 Å². The fourth-order valence-corrected chi connectivity index (χ4v) is 3.61. The average Bonchev–Trinajstić information content (AvgIpc) is 3.21. The second-order valence-corrected chi connectivity index (χ2v) is 6.67. The van der Waals surface area contributed by atoms with E-state index in [-0.39, 0.29) is 17.7 Å². The second kappa shape index (κ2) is 7.68. The molecule has 6 heteroatoms. The molecule has 3 rings (SSSR count). The Hall–Kier alpha value is -2.37. The van der Waals surface area contributed by atoms with Crippen molar-refractivity contribution in [2.45, 2.75) is 25.7 Å². The summed E-state index contributed by atoms with van der Waals surface area (Å²) in [5, 5.41) is 0. The molecule has 2 aliphatic rings. The molecule has 0 unspecified atom stereocenters. The summed E-state index contributed by atoms with van der Waals surface area (Å²) in [5.74, 6) is -0.0393. The molecule has 1 aliphatic carbocycles. The number of carbonyl (C=O) groups is 3. The topological polar surface area (TPSA) is 66.9 Å². The van der Waals surface area contributed by atoms with Crippen LogP contribution in [0.3, 0.4) is 0 Å². The lowest BCUT2D eigenvalue weighted by Crippen LogP contribution is -2.51. The van der Waals surface area contributed by atoms with Gasteiger partial charge in [0.25, 0.3) is 5.91 Å². The molecule has 1 saturated carbocycles. The lowest BCUT2D eigenvalue weighted by Gasteiger charge is -2.36. The summed E-state index contributed by atoms with van der Waals surface area (Å²) in [6, 6.07) is 6.48. The van der Waals surface area contributed by atoms with Gasteiger partial charge in [-0.25, -0.2) is 4.79 Å². The van der Waals surface area contributed by atoms with Gasteiger partial charge in [-0.05, 0) is 37.1 Å². The first-order valence-electron chi connectivity index (χ1n) is 8.86. The third kappa shape index (κ3) is 3.83. The van der Waals surface area contributed by atoms with E-state index in [4.69, 9.17) is 0 Å². The molecule has 0 spiro atoms. The average molecular weight is 344 g/mol. The Morgan fingerprint density at radius 2 is 1.40 bits per heavy atom. The second-order valence-electron chi connectivity index (χ2n) is 6.67. The normalized spacial score (nSPS) is 18.3. The molecule has 1 heterocycles. The first-order chi connectivity index (χ1) is 12.1. The van der Waals surface area contributed by atoms with Crippen molar-refractivity contribution in [3.8, 4) is 0 Å². The number of rotatable bonds is 3. The maximum absolute atomic E-state index is 12.6. The number of esters is 1. The van der Waals surface area contributed by atoms with Crippen molar-refractivity contribution < 1.29 is 19.1 Å². The monoisotopic (exact) mass is 344 g/mol. The van der Waals surface area contributed by atoms with E-state index >= 15 is 0 Å². The van der Waals surface area contributed by atoms with E-state index < -0.39 is 5.97 Å². The van der Waals surface area contributed by atoms with Gasteiger partial charge in [0.2, 0.25) is 5.91 Å². The summed E-state index contributed by atoms with van der Waals surface area (Å²) >= 11 is 0. The quantitative estimate of drug-likeness (QED) is 0.786. The maximum atomic E-state index is 12.6. The van der Waals surface area contributed by atoms with Gasteiger partial charge in [-0.3, -0.25) is 9.59 Å². The van der Waals surface area contributed by atoms with Crippen molar-refractivity contribution >= 4 is 17.8 Å². The van der Waals surface area contributed by atoms with Crippen LogP contribution >= 0.6 is 0 Å². The summed E-state index contributed by atoms with van der Waals surface area (Å²) < 4.78 is 4.66. The zero-order valence-corrected chi connectivity index (χ0v) is 14.6. The molecule has 2 amide bonds. The van der Waals surface area contributed by atoms with Gasteiger partial charge in [-0.15, -0.1) is 0 Å². The predicted octanol–water partition coefficient (Wildman–Crippen LogP) is 1.95. The van der Waals surface area contributed by atoms with Crippen LogP contribution in [0.2, 0.25) is 0 Å². The Balaban J connectivity index is 1.56. The van der Waals surface area contributed by atoms with Crippen LogP contribution in [0.25, 0.3) is 0 Å². The van der Waals surface area contributed by atoms with Crippen molar-refractivity contribution in [3.05, 3.63) is 35.4 Å². The zero-order valence-electron chi connectivity index (χ0n) is 14.6. The molecule has 1 aliphatic heterocycles. The maximum Gasteiger partial charge on any atom is 0.337 e. The van der Waals surface area contributed by atoms with Gasteiger partial charge >= 0.3 is 5.97 Å². The highest BCUT2D eigenvalue weighted by Gasteiger charge is 2.30. The predicted molar refractivity (Wildman–Crippen MR) is 92.2 cm³/mol. The van der Waals surface area contributed by atoms with Crippen LogP contribution in [-0.4, -0.2) is 60.9 Å². The van der Waals surface area contributed by atoms with Crippen molar-refractivity contribution in [1.29, 1.82) is 0 Å². The van der Waals surface area contributed by atoms with E-state index in [0.29, 0.717) is 37.3 Å². The molecule has 0 bridgehead atoms. The van der Waals surface area contributed by atoms with Crippen molar-refractivity contribution in [3.63, 3.8) is 0 Å². The van der Waals surface area contributed by atoms with Crippen LogP contribution in [0, 0.1) is 5.92 Å². The Morgan fingerprint density at radius 3 is 1.96 bits per heavy atom. The number of amides is 2. The number of carbonyl (C=O) groups excluding carboxylic acids is 3. The standard InChI is InChI=1S/C19H24N2O4/c1-25-19(24)16-8-6-15(7-9-16)18(23)21-12-10-20(11-13-21)17(22)14-4-2-3-5-14/h6-9,14H,2-5,10-13H2,1H3. The molecule has 0 radical (unpaired) electrons. The third-order valence-electron chi connectivity index (χ3n) is 5.14. The summed E-state index contributed by atoms with van der Waals surface area (Å²) in [7, 11) is 1.33. The Kier molecular flexibility index (Phi) is 5.36. The molecule has 0 N–H and O–H groups in total. The van der Waals surface area contributed by atoms with E-state index in [1.54, 1.807) is 29.2 Å². The van der Waals surface area contributed by atoms with Crippen molar-refractivity contribution in [1.82, 2.24) is 9.80 Å². The molecule has 25 heavy (non-hydrogen) atoms. The summed E-state index contributed by atoms with van der Waals surface area (Å²) in [4.78, 5) is 40.2. The third-order valence-corrected chi connectivity index (χ3v) is 5.14. The lowest BCUT2D eigenvalue weighted by molar-refractivity contribution is -0.136. The molecule has 1 aromatic rings. The first kappa shape index (κ1) is 17.5. The molecular formula is C19H24N2O4. The molecule has 1 aromatic carbocycles. The molecule has 134 valence electrons. The fourth-order valence-electron chi connectivity index (χ4n) is 3.61. The van der Waals surface area contributed by atoms with Crippen LogP contribution in [0.4, 0.5) is 0 Å². The number of piperazine rings is 1. The van der Waals surface area contributed by atoms with Gasteiger partial charge in [0.15, 0.2) is 0 Å². The highest BCUT2D eigenvalue weighted by Crippen LogP contribution is 2.27. The summed E-state index contributed by atoms with van der Waals surface area (Å²) in [6.07, 6.45) is 4.31.